The van der Waals surface area contributed by atoms with Gasteiger partial charge >= 0.3 is 19.8 Å². The summed E-state index contributed by atoms with van der Waals surface area (Å²) in [5.41, 5.74) is 0. The Hall–Kier alpha value is -2.71. The van der Waals surface area contributed by atoms with Crippen LogP contribution in [0.4, 0.5) is 0 Å². The van der Waals surface area contributed by atoms with Gasteiger partial charge in [0, 0.05) is 12.8 Å². The molecule has 0 spiro atoms. The van der Waals surface area contributed by atoms with Gasteiger partial charge in [-0.3, -0.25) is 18.6 Å². The molecule has 6 N–H and O–H groups in total. The second-order valence-corrected chi connectivity index (χ2v) is 17.7. The van der Waals surface area contributed by atoms with Crippen LogP contribution in [0.15, 0.2) is 72.9 Å². The molecule has 0 saturated heterocycles. The van der Waals surface area contributed by atoms with Crippen LogP contribution in [-0.2, 0) is 32.7 Å². The topological polar surface area (TPSA) is 210 Å². The smallest absolute Gasteiger partial charge is 0.462 e. The summed E-state index contributed by atoms with van der Waals surface area (Å²) in [4.78, 5) is 35.6. The molecule has 0 aromatic carbocycles. The number of ether oxygens (including phenoxy) is 2. The summed E-state index contributed by atoms with van der Waals surface area (Å²) in [6.07, 6.45) is 35.5. The largest absolute Gasteiger partial charge is 0.472 e. The van der Waals surface area contributed by atoms with Crippen LogP contribution in [0.2, 0.25) is 0 Å². The highest BCUT2D eigenvalue weighted by molar-refractivity contribution is 7.47. The zero-order chi connectivity index (χ0) is 46.4. The monoisotopic (exact) mass is 911 g/mol. The first kappa shape index (κ1) is 58.3. The van der Waals surface area contributed by atoms with Crippen LogP contribution in [-0.4, -0.2) is 98.3 Å². The summed E-state index contributed by atoms with van der Waals surface area (Å²) in [6.45, 7) is 3.17. The number of rotatable bonds is 38. The van der Waals surface area contributed by atoms with Crippen molar-refractivity contribution in [3.63, 3.8) is 0 Å². The maximum Gasteiger partial charge on any atom is 0.472 e. The number of phosphoric ester groups is 1. The van der Waals surface area contributed by atoms with Gasteiger partial charge < -0.3 is 39.9 Å². The van der Waals surface area contributed by atoms with Gasteiger partial charge in [-0.15, -0.1) is 0 Å². The molecule has 0 heterocycles. The molecule has 13 nitrogen and oxygen atoms in total. The van der Waals surface area contributed by atoms with Crippen molar-refractivity contribution in [2.24, 2.45) is 0 Å². The quantitative estimate of drug-likeness (QED) is 0.0148. The fraction of sp³-hybridized carbons (Fsp3) is 0.714. The number of esters is 2. The van der Waals surface area contributed by atoms with Crippen molar-refractivity contribution < 1.29 is 63.1 Å². The average molecular weight is 911 g/mol. The number of phosphoric acid groups is 1. The molecule has 14 heteroatoms. The van der Waals surface area contributed by atoms with Crippen molar-refractivity contribution in [3.8, 4) is 0 Å². The molecule has 0 aromatic rings. The molecule has 6 unspecified atom stereocenters. The van der Waals surface area contributed by atoms with E-state index in [2.05, 4.69) is 62.5 Å². The van der Waals surface area contributed by atoms with Gasteiger partial charge in [-0.2, -0.15) is 0 Å². The Morgan fingerprint density at radius 1 is 0.492 bits per heavy atom. The lowest BCUT2D eigenvalue weighted by Gasteiger charge is -2.41. The van der Waals surface area contributed by atoms with E-state index in [4.69, 9.17) is 18.5 Å². The van der Waals surface area contributed by atoms with E-state index in [-0.39, 0.29) is 12.8 Å². The van der Waals surface area contributed by atoms with E-state index < -0.39 is 75.7 Å². The standard InChI is InChI=1S/C49H83O13P/c1-3-5-7-9-11-13-15-17-19-20-21-22-24-26-28-30-32-34-36-38-43(51)61-41(40-60-63(57,58)62-49-47(55)45(53)44(52)46(54)48(49)56)39-59-42(50)37-35-33-31-29-27-25-23-18-16-14-12-10-8-6-4-2/h11,13,17,19,21-22,26,28,31-34,41,44-49,52-56H,3-10,12,14-16,18,20,23-25,27,29-30,35-40H2,1-2H3,(H,57,58)/b13-11+,19-17+,22-21+,28-26+,33-31+,34-32+/t41-,44?,45-,46?,47?,48?,49?/m1/s1. The Bertz CT molecular complexity index is 1380. The molecule has 1 aliphatic rings. The third kappa shape index (κ3) is 31.0. The van der Waals surface area contributed by atoms with Crippen molar-refractivity contribution >= 4 is 19.8 Å². The van der Waals surface area contributed by atoms with Crippen molar-refractivity contribution in [3.05, 3.63) is 72.9 Å². The van der Waals surface area contributed by atoms with E-state index in [1.807, 2.05) is 24.3 Å². The number of unbranched alkanes of at least 4 members (excludes halogenated alkanes) is 14. The summed E-state index contributed by atoms with van der Waals surface area (Å²) in [5.74, 6) is -1.26. The predicted molar refractivity (Wildman–Crippen MR) is 249 cm³/mol. The minimum Gasteiger partial charge on any atom is -0.462 e. The number of carbonyl (C=O) groups is 2. The van der Waals surface area contributed by atoms with E-state index in [0.717, 1.165) is 38.5 Å². The van der Waals surface area contributed by atoms with Gasteiger partial charge in [0.15, 0.2) is 6.10 Å². The number of aliphatic hydroxyl groups is 5. The van der Waals surface area contributed by atoms with Crippen LogP contribution in [0.1, 0.15) is 168 Å². The minimum absolute atomic E-state index is 0.0364. The average Bonchev–Trinajstić information content (AvgIpc) is 3.26. The highest BCUT2D eigenvalue weighted by Crippen LogP contribution is 2.47. The van der Waals surface area contributed by atoms with Gasteiger partial charge in [-0.25, -0.2) is 4.57 Å². The number of hydrogen-bond acceptors (Lipinski definition) is 12. The predicted octanol–water partition coefficient (Wildman–Crippen LogP) is 9.50. The van der Waals surface area contributed by atoms with Gasteiger partial charge in [0.1, 0.15) is 43.2 Å². The van der Waals surface area contributed by atoms with Crippen LogP contribution < -0.4 is 0 Å². The first-order valence-electron chi connectivity index (χ1n) is 23.7. The van der Waals surface area contributed by atoms with Crippen LogP contribution in [0, 0.1) is 0 Å². The second-order valence-electron chi connectivity index (χ2n) is 16.3. The molecule has 1 aliphatic carbocycles. The lowest BCUT2D eigenvalue weighted by atomic mass is 9.85. The number of hydrogen-bond donors (Lipinski definition) is 6. The molecule has 63 heavy (non-hydrogen) atoms. The van der Waals surface area contributed by atoms with Gasteiger partial charge in [-0.1, -0.05) is 164 Å². The molecular weight excluding hydrogens is 828 g/mol. The van der Waals surface area contributed by atoms with Crippen molar-refractivity contribution in [2.45, 2.75) is 211 Å². The normalized spacial score (nSPS) is 22.3. The summed E-state index contributed by atoms with van der Waals surface area (Å²) in [6, 6.07) is 0. The summed E-state index contributed by atoms with van der Waals surface area (Å²) >= 11 is 0. The molecular formula is C49H83O13P. The Labute approximate surface area is 378 Å². The van der Waals surface area contributed by atoms with E-state index in [0.29, 0.717) is 19.3 Å². The van der Waals surface area contributed by atoms with Gasteiger partial charge in [0.25, 0.3) is 0 Å². The van der Waals surface area contributed by atoms with E-state index in [9.17, 15) is 44.6 Å². The fourth-order valence-corrected chi connectivity index (χ4v) is 7.67. The molecule has 1 saturated carbocycles. The SMILES string of the molecule is CCCCC/C=C/C/C=C/C/C=C/C/C=C/C/C=C/CCC(=O)O[C@H](COC(=O)CC/C=C/CCCCCCCCCCCCC)COP(=O)(O)OC1C(O)C(O)C(O)[C@@H](O)C1O. The van der Waals surface area contributed by atoms with Crippen LogP contribution in [0.25, 0.3) is 0 Å². The first-order chi connectivity index (χ1) is 30.4. The number of aliphatic hydroxyl groups excluding tert-OH is 5. The lowest BCUT2D eigenvalue weighted by Crippen LogP contribution is -2.64. The third-order valence-electron chi connectivity index (χ3n) is 10.5. The summed E-state index contributed by atoms with van der Waals surface area (Å²) < 4.78 is 33.4. The van der Waals surface area contributed by atoms with E-state index >= 15 is 0 Å². The minimum atomic E-state index is -5.15. The zero-order valence-electron chi connectivity index (χ0n) is 38.3. The Balaban J connectivity index is 2.53. The fourth-order valence-electron chi connectivity index (χ4n) is 6.70. The van der Waals surface area contributed by atoms with Gasteiger partial charge in [0.05, 0.1) is 6.61 Å². The molecule has 8 atom stereocenters. The van der Waals surface area contributed by atoms with Crippen LogP contribution in [0.3, 0.4) is 0 Å². The van der Waals surface area contributed by atoms with Crippen molar-refractivity contribution in [2.75, 3.05) is 13.2 Å². The molecule has 0 aromatic heterocycles. The van der Waals surface area contributed by atoms with Crippen molar-refractivity contribution in [1.82, 2.24) is 0 Å². The third-order valence-corrected chi connectivity index (χ3v) is 11.5. The Kier molecular flexibility index (Phi) is 35.7. The van der Waals surface area contributed by atoms with Crippen molar-refractivity contribution in [1.29, 1.82) is 0 Å². The molecule has 0 aliphatic heterocycles. The molecule has 0 amide bonds. The highest BCUT2D eigenvalue weighted by Gasteiger charge is 2.51. The van der Waals surface area contributed by atoms with Crippen LogP contribution in [0.5, 0.6) is 0 Å². The number of allylic oxidation sites excluding steroid dienone is 12. The van der Waals surface area contributed by atoms with Crippen LogP contribution >= 0.6 is 7.82 Å². The zero-order valence-corrected chi connectivity index (χ0v) is 39.2. The first-order valence-corrected chi connectivity index (χ1v) is 25.2. The van der Waals surface area contributed by atoms with Gasteiger partial charge in [0.2, 0.25) is 0 Å². The molecule has 1 rings (SSSR count). The second kappa shape index (κ2) is 38.5. The highest BCUT2D eigenvalue weighted by atomic mass is 31.2. The molecule has 0 bridgehead atoms. The van der Waals surface area contributed by atoms with Gasteiger partial charge in [-0.05, 0) is 64.2 Å². The lowest BCUT2D eigenvalue weighted by molar-refractivity contribution is -0.220. The summed E-state index contributed by atoms with van der Waals surface area (Å²) in [7, 11) is -5.15. The molecule has 0 radical (unpaired) electrons. The molecule has 1 fully saturated rings. The Morgan fingerprint density at radius 2 is 0.857 bits per heavy atom. The summed E-state index contributed by atoms with van der Waals surface area (Å²) in [5, 5.41) is 50.1. The maximum atomic E-state index is 12.8. The van der Waals surface area contributed by atoms with E-state index in [1.165, 1.54) is 83.5 Å². The maximum absolute atomic E-state index is 12.8. The molecule has 362 valence electrons. The van der Waals surface area contributed by atoms with E-state index in [1.54, 1.807) is 0 Å². The number of carbonyl (C=O) groups excluding carboxylic acids is 2. The Morgan fingerprint density at radius 3 is 1.37 bits per heavy atom.